The normalized spacial score (nSPS) is 24.4. The van der Waals surface area contributed by atoms with Crippen LogP contribution in [-0.2, 0) is 22.9 Å². The van der Waals surface area contributed by atoms with E-state index in [2.05, 4.69) is 6.92 Å². The molecule has 1 unspecified atom stereocenters. The maximum atomic E-state index is 12.6. The summed E-state index contributed by atoms with van der Waals surface area (Å²) >= 11 is 0. The minimum Gasteiger partial charge on any atom is -0.207 e. The number of fused-ring (bicyclic) bond motifs is 1. The maximum Gasteiger partial charge on any atom is 0.243 e. The van der Waals surface area contributed by atoms with Gasteiger partial charge in [-0.15, -0.1) is 0 Å². The maximum absolute atomic E-state index is 12.6. The number of aryl methyl sites for hydroxylation is 2. The third-order valence-corrected chi connectivity index (χ3v) is 6.21. The fourth-order valence-electron chi connectivity index (χ4n) is 3.13. The van der Waals surface area contributed by atoms with Gasteiger partial charge in [-0.05, 0) is 61.3 Å². The number of hydrogen-bond donors (Lipinski definition) is 0. The van der Waals surface area contributed by atoms with E-state index in [1.54, 1.807) is 10.4 Å². The number of nitrogens with zero attached hydrogens (tertiary/aromatic N) is 1. The van der Waals surface area contributed by atoms with Crippen LogP contribution in [0.2, 0.25) is 0 Å². The smallest absolute Gasteiger partial charge is 0.207 e. The highest BCUT2D eigenvalue weighted by molar-refractivity contribution is 7.89. The highest BCUT2D eigenvalue weighted by Crippen LogP contribution is 2.28. The van der Waals surface area contributed by atoms with E-state index < -0.39 is 10.0 Å². The van der Waals surface area contributed by atoms with E-state index in [1.807, 2.05) is 12.1 Å². The molecule has 2 aliphatic rings. The van der Waals surface area contributed by atoms with Crippen molar-refractivity contribution in [1.29, 1.82) is 0 Å². The lowest BCUT2D eigenvalue weighted by molar-refractivity contribution is 0.464. The Labute approximate surface area is 115 Å². The van der Waals surface area contributed by atoms with Crippen LogP contribution in [0.3, 0.4) is 0 Å². The molecule has 1 aliphatic carbocycles. The summed E-state index contributed by atoms with van der Waals surface area (Å²) in [6.07, 6.45) is 5.50. The third kappa shape index (κ3) is 2.43. The van der Waals surface area contributed by atoms with Gasteiger partial charge >= 0.3 is 0 Å². The lowest BCUT2D eigenvalue weighted by Crippen LogP contribution is -2.28. The molecule has 19 heavy (non-hydrogen) atoms. The molecule has 1 saturated heterocycles. The number of rotatable bonds is 2. The molecule has 0 aromatic heterocycles. The number of sulfonamides is 1. The van der Waals surface area contributed by atoms with Crippen LogP contribution in [0, 0.1) is 5.92 Å². The summed E-state index contributed by atoms with van der Waals surface area (Å²) in [6, 6.07) is 5.72. The summed E-state index contributed by atoms with van der Waals surface area (Å²) in [5, 5.41) is 0. The molecule has 104 valence electrons. The van der Waals surface area contributed by atoms with E-state index in [-0.39, 0.29) is 0 Å². The molecule has 0 N–H and O–H groups in total. The van der Waals surface area contributed by atoms with Gasteiger partial charge in [0.1, 0.15) is 0 Å². The summed E-state index contributed by atoms with van der Waals surface area (Å²) in [6.45, 7) is 3.45. The van der Waals surface area contributed by atoms with Gasteiger partial charge in [-0.2, -0.15) is 4.31 Å². The van der Waals surface area contributed by atoms with E-state index in [0.717, 1.165) is 19.3 Å². The van der Waals surface area contributed by atoms with E-state index in [9.17, 15) is 8.42 Å². The zero-order chi connectivity index (χ0) is 13.5. The zero-order valence-electron chi connectivity index (χ0n) is 11.4. The second-order valence-corrected chi connectivity index (χ2v) is 7.83. The summed E-state index contributed by atoms with van der Waals surface area (Å²) < 4.78 is 26.8. The molecule has 1 fully saturated rings. The van der Waals surface area contributed by atoms with Gasteiger partial charge < -0.3 is 0 Å². The first-order valence-corrected chi connectivity index (χ1v) is 8.63. The van der Waals surface area contributed by atoms with Gasteiger partial charge in [0, 0.05) is 13.1 Å². The highest BCUT2D eigenvalue weighted by Gasteiger charge is 2.31. The van der Waals surface area contributed by atoms with Gasteiger partial charge in [-0.25, -0.2) is 8.42 Å². The van der Waals surface area contributed by atoms with Crippen molar-refractivity contribution < 1.29 is 8.42 Å². The topological polar surface area (TPSA) is 37.4 Å². The van der Waals surface area contributed by atoms with Crippen LogP contribution in [-0.4, -0.2) is 25.8 Å². The number of hydrogen-bond acceptors (Lipinski definition) is 2. The van der Waals surface area contributed by atoms with Crippen LogP contribution < -0.4 is 0 Å². The van der Waals surface area contributed by atoms with Crippen molar-refractivity contribution in [2.24, 2.45) is 5.92 Å². The SMILES string of the molecule is CC1CCN(S(=O)(=O)c2ccc3c(c2)CCCC3)C1. The molecule has 4 heteroatoms. The summed E-state index contributed by atoms with van der Waals surface area (Å²) in [7, 11) is -3.27. The molecule has 3 rings (SSSR count). The van der Waals surface area contributed by atoms with Crippen LogP contribution in [0.15, 0.2) is 23.1 Å². The standard InChI is InChI=1S/C15H21NO2S/c1-12-8-9-16(11-12)19(17,18)15-7-6-13-4-2-3-5-14(13)10-15/h6-7,10,12H,2-5,8-9,11H2,1H3. The van der Waals surface area contributed by atoms with E-state index in [1.165, 1.54) is 24.0 Å². The lowest BCUT2D eigenvalue weighted by atomic mass is 9.92. The van der Waals surface area contributed by atoms with Gasteiger partial charge in [-0.1, -0.05) is 13.0 Å². The molecule has 0 radical (unpaired) electrons. The summed E-state index contributed by atoms with van der Waals surface area (Å²) in [5.74, 6) is 0.479. The van der Waals surface area contributed by atoms with Crippen LogP contribution in [0.5, 0.6) is 0 Å². The number of benzene rings is 1. The molecule has 1 aromatic carbocycles. The predicted octanol–water partition coefficient (Wildman–Crippen LogP) is 2.60. The average Bonchev–Trinajstić information content (AvgIpc) is 2.85. The average molecular weight is 279 g/mol. The Bertz CT molecular complexity index is 580. The fraction of sp³-hybridized carbons (Fsp3) is 0.600. The van der Waals surface area contributed by atoms with Crippen LogP contribution in [0.25, 0.3) is 0 Å². The van der Waals surface area contributed by atoms with E-state index in [4.69, 9.17) is 0 Å². The quantitative estimate of drug-likeness (QED) is 0.834. The van der Waals surface area contributed by atoms with Crippen molar-refractivity contribution in [2.45, 2.75) is 43.9 Å². The minimum absolute atomic E-state index is 0.479. The molecule has 1 aromatic rings. The van der Waals surface area contributed by atoms with E-state index >= 15 is 0 Å². The van der Waals surface area contributed by atoms with Gasteiger partial charge in [0.05, 0.1) is 4.90 Å². The predicted molar refractivity (Wildman–Crippen MR) is 75.6 cm³/mol. The van der Waals surface area contributed by atoms with Crippen molar-refractivity contribution in [2.75, 3.05) is 13.1 Å². The molecule has 1 atom stereocenters. The summed E-state index contributed by atoms with van der Waals surface area (Å²) in [4.78, 5) is 0.488. The highest BCUT2D eigenvalue weighted by atomic mass is 32.2. The van der Waals surface area contributed by atoms with Crippen molar-refractivity contribution in [1.82, 2.24) is 4.31 Å². The molecule has 1 heterocycles. The molecule has 1 aliphatic heterocycles. The third-order valence-electron chi connectivity index (χ3n) is 4.34. The van der Waals surface area contributed by atoms with Gasteiger partial charge in [0.15, 0.2) is 0 Å². The molecule has 0 spiro atoms. The molecular weight excluding hydrogens is 258 g/mol. The Balaban J connectivity index is 1.93. The van der Waals surface area contributed by atoms with Crippen LogP contribution in [0.1, 0.15) is 37.3 Å². The zero-order valence-corrected chi connectivity index (χ0v) is 12.2. The molecule has 0 saturated carbocycles. The first-order chi connectivity index (χ1) is 9.07. The Hall–Kier alpha value is -0.870. The van der Waals surface area contributed by atoms with Crippen molar-refractivity contribution in [3.05, 3.63) is 29.3 Å². The second-order valence-electron chi connectivity index (χ2n) is 5.89. The first kappa shape index (κ1) is 13.1. The monoisotopic (exact) mass is 279 g/mol. The van der Waals surface area contributed by atoms with Crippen LogP contribution in [0.4, 0.5) is 0 Å². The fourth-order valence-corrected chi connectivity index (χ4v) is 4.76. The molecule has 0 amide bonds. The van der Waals surface area contributed by atoms with E-state index in [0.29, 0.717) is 23.9 Å². The Kier molecular flexibility index (Phi) is 3.39. The Morgan fingerprint density at radius 3 is 2.58 bits per heavy atom. The Morgan fingerprint density at radius 1 is 1.16 bits per heavy atom. The molecular formula is C15H21NO2S. The summed E-state index contributed by atoms with van der Waals surface area (Å²) in [5.41, 5.74) is 2.57. The van der Waals surface area contributed by atoms with Gasteiger partial charge in [0.25, 0.3) is 0 Å². The van der Waals surface area contributed by atoms with Crippen LogP contribution >= 0.6 is 0 Å². The van der Waals surface area contributed by atoms with Gasteiger partial charge in [-0.3, -0.25) is 0 Å². The first-order valence-electron chi connectivity index (χ1n) is 7.19. The van der Waals surface area contributed by atoms with Crippen molar-refractivity contribution in [3.8, 4) is 0 Å². The van der Waals surface area contributed by atoms with Crippen molar-refractivity contribution in [3.63, 3.8) is 0 Å². The largest absolute Gasteiger partial charge is 0.243 e. The molecule has 3 nitrogen and oxygen atoms in total. The van der Waals surface area contributed by atoms with Gasteiger partial charge in [0.2, 0.25) is 10.0 Å². The second kappa shape index (κ2) is 4.91. The lowest BCUT2D eigenvalue weighted by Gasteiger charge is -2.20. The van der Waals surface area contributed by atoms with Crippen molar-refractivity contribution >= 4 is 10.0 Å². The minimum atomic E-state index is -3.27. The Morgan fingerprint density at radius 2 is 1.89 bits per heavy atom. The molecule has 0 bridgehead atoms.